The predicted molar refractivity (Wildman–Crippen MR) is 87.2 cm³/mol. The van der Waals surface area contributed by atoms with Crippen LogP contribution in [-0.2, 0) is 0 Å². The standard InChI is InChI=1S/C17H35N3/c1-3-9-18-17-8-6-5-7-16(17)15-20-13-11-19(10-4-2)12-14-20/h16-18H,3-15H2,1-2H3. The number of piperazine rings is 1. The molecule has 0 aromatic rings. The fourth-order valence-corrected chi connectivity index (χ4v) is 3.87. The minimum atomic E-state index is 0.789. The summed E-state index contributed by atoms with van der Waals surface area (Å²) >= 11 is 0. The highest BCUT2D eigenvalue weighted by atomic mass is 15.3. The molecule has 2 fully saturated rings. The summed E-state index contributed by atoms with van der Waals surface area (Å²) in [4.78, 5) is 5.35. The van der Waals surface area contributed by atoms with Crippen molar-refractivity contribution in [1.29, 1.82) is 0 Å². The fourth-order valence-electron chi connectivity index (χ4n) is 3.87. The molecule has 20 heavy (non-hydrogen) atoms. The lowest BCUT2D eigenvalue weighted by atomic mass is 9.84. The van der Waals surface area contributed by atoms with Gasteiger partial charge in [-0.25, -0.2) is 0 Å². The third-order valence-corrected chi connectivity index (χ3v) is 5.06. The van der Waals surface area contributed by atoms with Gasteiger partial charge in [0, 0.05) is 38.8 Å². The first-order valence-electron chi connectivity index (χ1n) is 9.01. The van der Waals surface area contributed by atoms with Crippen LogP contribution in [0.1, 0.15) is 52.4 Å². The van der Waals surface area contributed by atoms with E-state index in [9.17, 15) is 0 Å². The van der Waals surface area contributed by atoms with Gasteiger partial charge in [-0.2, -0.15) is 0 Å². The van der Waals surface area contributed by atoms with Gasteiger partial charge in [0.2, 0.25) is 0 Å². The molecule has 2 aliphatic rings. The Kier molecular flexibility index (Phi) is 7.32. The molecule has 118 valence electrons. The van der Waals surface area contributed by atoms with Gasteiger partial charge in [0.15, 0.2) is 0 Å². The highest BCUT2D eigenvalue weighted by molar-refractivity contribution is 4.84. The summed E-state index contributed by atoms with van der Waals surface area (Å²) in [7, 11) is 0. The molecular weight excluding hydrogens is 246 g/mol. The molecule has 0 aromatic heterocycles. The summed E-state index contributed by atoms with van der Waals surface area (Å²) in [5, 5.41) is 3.80. The minimum Gasteiger partial charge on any atom is -0.314 e. The van der Waals surface area contributed by atoms with E-state index in [1.165, 1.54) is 84.3 Å². The van der Waals surface area contributed by atoms with Gasteiger partial charge < -0.3 is 15.1 Å². The van der Waals surface area contributed by atoms with Gasteiger partial charge in [0.05, 0.1) is 0 Å². The van der Waals surface area contributed by atoms with Crippen LogP contribution in [0, 0.1) is 5.92 Å². The second-order valence-corrected chi connectivity index (χ2v) is 6.75. The third-order valence-electron chi connectivity index (χ3n) is 5.06. The van der Waals surface area contributed by atoms with Crippen molar-refractivity contribution in [2.75, 3.05) is 45.8 Å². The van der Waals surface area contributed by atoms with Crippen molar-refractivity contribution in [3.63, 3.8) is 0 Å². The third kappa shape index (κ3) is 5.01. The summed E-state index contributed by atoms with van der Waals surface area (Å²) in [6.07, 6.45) is 8.29. The summed E-state index contributed by atoms with van der Waals surface area (Å²) < 4.78 is 0. The Balaban J connectivity index is 1.73. The molecule has 3 nitrogen and oxygen atoms in total. The summed E-state index contributed by atoms with van der Waals surface area (Å²) in [6.45, 7) is 13.5. The molecule has 0 aromatic carbocycles. The van der Waals surface area contributed by atoms with E-state index in [-0.39, 0.29) is 0 Å². The monoisotopic (exact) mass is 281 g/mol. The van der Waals surface area contributed by atoms with E-state index in [1.54, 1.807) is 0 Å². The number of rotatable bonds is 7. The van der Waals surface area contributed by atoms with Gasteiger partial charge in [0.25, 0.3) is 0 Å². The first-order valence-corrected chi connectivity index (χ1v) is 9.01. The summed E-state index contributed by atoms with van der Waals surface area (Å²) in [5.74, 6) is 0.896. The predicted octanol–water partition coefficient (Wildman–Crippen LogP) is 2.57. The Hall–Kier alpha value is -0.120. The lowest BCUT2D eigenvalue weighted by Gasteiger charge is -2.40. The Morgan fingerprint density at radius 1 is 0.900 bits per heavy atom. The van der Waals surface area contributed by atoms with Crippen molar-refractivity contribution in [2.24, 2.45) is 5.92 Å². The summed E-state index contributed by atoms with van der Waals surface area (Å²) in [6, 6.07) is 0.789. The molecule has 2 rings (SSSR count). The largest absolute Gasteiger partial charge is 0.314 e. The number of hydrogen-bond acceptors (Lipinski definition) is 3. The van der Waals surface area contributed by atoms with Crippen LogP contribution in [0.3, 0.4) is 0 Å². The quantitative estimate of drug-likeness (QED) is 0.774. The van der Waals surface area contributed by atoms with Crippen LogP contribution in [0.2, 0.25) is 0 Å². The molecule has 1 heterocycles. The Morgan fingerprint density at radius 2 is 1.60 bits per heavy atom. The molecule has 1 saturated carbocycles. The molecule has 2 unspecified atom stereocenters. The van der Waals surface area contributed by atoms with E-state index >= 15 is 0 Å². The van der Waals surface area contributed by atoms with Crippen LogP contribution in [0.25, 0.3) is 0 Å². The lowest BCUT2D eigenvalue weighted by molar-refractivity contribution is 0.0993. The van der Waals surface area contributed by atoms with Crippen LogP contribution in [0.4, 0.5) is 0 Å². The van der Waals surface area contributed by atoms with E-state index < -0.39 is 0 Å². The first kappa shape index (κ1) is 16.3. The topological polar surface area (TPSA) is 18.5 Å². The Labute approximate surface area is 126 Å². The van der Waals surface area contributed by atoms with Gasteiger partial charge in [-0.3, -0.25) is 0 Å². The van der Waals surface area contributed by atoms with E-state index in [4.69, 9.17) is 0 Å². The van der Waals surface area contributed by atoms with Crippen LogP contribution in [0.15, 0.2) is 0 Å². The van der Waals surface area contributed by atoms with E-state index in [0.29, 0.717) is 0 Å². The summed E-state index contributed by atoms with van der Waals surface area (Å²) in [5.41, 5.74) is 0. The molecule has 1 aliphatic heterocycles. The van der Waals surface area contributed by atoms with Crippen LogP contribution in [0.5, 0.6) is 0 Å². The van der Waals surface area contributed by atoms with Gasteiger partial charge in [0.1, 0.15) is 0 Å². The van der Waals surface area contributed by atoms with E-state index in [0.717, 1.165) is 12.0 Å². The molecule has 0 bridgehead atoms. The zero-order chi connectivity index (χ0) is 14.2. The highest BCUT2D eigenvalue weighted by Crippen LogP contribution is 2.25. The average molecular weight is 281 g/mol. The van der Waals surface area contributed by atoms with Gasteiger partial charge in [-0.1, -0.05) is 26.7 Å². The van der Waals surface area contributed by atoms with Crippen molar-refractivity contribution in [3.05, 3.63) is 0 Å². The van der Waals surface area contributed by atoms with Crippen molar-refractivity contribution >= 4 is 0 Å². The average Bonchev–Trinajstić information content (AvgIpc) is 2.49. The molecular formula is C17H35N3. The van der Waals surface area contributed by atoms with E-state index in [2.05, 4.69) is 29.0 Å². The first-order chi connectivity index (χ1) is 9.83. The minimum absolute atomic E-state index is 0.789. The number of hydrogen-bond donors (Lipinski definition) is 1. The normalized spacial score (nSPS) is 29.7. The van der Waals surface area contributed by atoms with Gasteiger partial charge in [-0.05, 0) is 44.7 Å². The molecule has 1 aliphatic carbocycles. The molecule has 1 saturated heterocycles. The van der Waals surface area contributed by atoms with E-state index in [1.807, 2.05) is 0 Å². The second kappa shape index (κ2) is 9.01. The number of nitrogens with zero attached hydrogens (tertiary/aromatic N) is 2. The van der Waals surface area contributed by atoms with Crippen LogP contribution in [-0.4, -0.2) is 61.7 Å². The molecule has 2 atom stereocenters. The molecule has 3 heteroatoms. The Morgan fingerprint density at radius 3 is 2.30 bits per heavy atom. The number of nitrogens with one attached hydrogen (secondary N) is 1. The van der Waals surface area contributed by atoms with Crippen LogP contribution < -0.4 is 5.32 Å². The molecule has 1 N–H and O–H groups in total. The maximum Gasteiger partial charge on any atom is 0.0110 e. The maximum absolute atomic E-state index is 3.80. The maximum atomic E-state index is 3.80. The zero-order valence-corrected chi connectivity index (χ0v) is 13.7. The second-order valence-electron chi connectivity index (χ2n) is 6.75. The van der Waals surface area contributed by atoms with Crippen molar-refractivity contribution in [3.8, 4) is 0 Å². The van der Waals surface area contributed by atoms with Gasteiger partial charge in [-0.15, -0.1) is 0 Å². The Bertz CT molecular complexity index is 249. The zero-order valence-electron chi connectivity index (χ0n) is 13.7. The van der Waals surface area contributed by atoms with Crippen molar-refractivity contribution in [2.45, 2.75) is 58.4 Å². The van der Waals surface area contributed by atoms with Crippen molar-refractivity contribution < 1.29 is 0 Å². The molecule has 0 spiro atoms. The van der Waals surface area contributed by atoms with Crippen LogP contribution >= 0.6 is 0 Å². The highest BCUT2D eigenvalue weighted by Gasteiger charge is 2.27. The van der Waals surface area contributed by atoms with Gasteiger partial charge >= 0.3 is 0 Å². The molecule has 0 amide bonds. The smallest absolute Gasteiger partial charge is 0.0110 e. The fraction of sp³-hybridized carbons (Fsp3) is 1.00. The van der Waals surface area contributed by atoms with Crippen molar-refractivity contribution in [1.82, 2.24) is 15.1 Å². The SMILES string of the molecule is CCCNC1CCCCC1CN1CCN(CCC)CC1. The lowest BCUT2D eigenvalue weighted by Crippen LogP contribution is -2.51. The molecule has 0 radical (unpaired) electrons.